The molecule has 2 bridgehead atoms. The van der Waals surface area contributed by atoms with Gasteiger partial charge in [-0.15, -0.1) is 0 Å². The van der Waals surface area contributed by atoms with Crippen LogP contribution in [0.4, 0.5) is 11.4 Å². The van der Waals surface area contributed by atoms with Gasteiger partial charge in [0.05, 0.1) is 60.7 Å². The first-order valence-electron chi connectivity index (χ1n) is 15.7. The number of fused-ring (bicyclic) bond motifs is 6. The van der Waals surface area contributed by atoms with E-state index in [0.717, 1.165) is 93.2 Å². The van der Waals surface area contributed by atoms with Gasteiger partial charge in [-0.3, -0.25) is 15.1 Å². The van der Waals surface area contributed by atoms with Crippen LogP contribution in [-0.2, 0) is 4.74 Å². The minimum Gasteiger partial charge on any atom is -0.453 e. The highest BCUT2D eigenvalue weighted by Crippen LogP contribution is 2.49. The van der Waals surface area contributed by atoms with Gasteiger partial charge in [-0.1, -0.05) is 24.3 Å². The van der Waals surface area contributed by atoms with Crippen LogP contribution in [0.5, 0.6) is 11.5 Å². The van der Waals surface area contributed by atoms with Crippen LogP contribution in [0.2, 0.25) is 0 Å². The SMILES string of the molecule is OC(CN1CC2COCC(C2)C1)CN1c2ccc(-c3ccc4[nH]ncc4c3)cc2Oc2cc(-c3ccc4[nH]ncc4c3)ccc21. The van der Waals surface area contributed by atoms with Crippen molar-refractivity contribution >= 4 is 33.2 Å². The van der Waals surface area contributed by atoms with Gasteiger partial charge in [0.15, 0.2) is 11.5 Å². The maximum Gasteiger partial charge on any atom is 0.151 e. The zero-order valence-corrected chi connectivity index (χ0v) is 24.8. The van der Waals surface area contributed by atoms with Crippen LogP contribution < -0.4 is 9.64 Å². The molecule has 0 amide bonds. The van der Waals surface area contributed by atoms with E-state index in [0.29, 0.717) is 24.9 Å². The molecule has 9 nitrogen and oxygen atoms in total. The summed E-state index contributed by atoms with van der Waals surface area (Å²) in [5.74, 6) is 2.67. The number of rotatable bonds is 6. The zero-order valence-electron chi connectivity index (χ0n) is 24.8. The number of likely N-dealkylation sites (tertiary alicyclic amines) is 1. The lowest BCUT2D eigenvalue weighted by atomic mass is 9.88. The van der Waals surface area contributed by atoms with Crippen molar-refractivity contribution in [3.05, 3.63) is 85.2 Å². The molecule has 3 aliphatic rings. The molecule has 9 rings (SSSR count). The van der Waals surface area contributed by atoms with Gasteiger partial charge in [-0.05, 0) is 89.0 Å². The number of hydrogen-bond donors (Lipinski definition) is 3. The van der Waals surface area contributed by atoms with Crippen LogP contribution >= 0.6 is 0 Å². The fourth-order valence-corrected chi connectivity index (χ4v) is 7.47. The Morgan fingerprint density at radius 2 is 1.24 bits per heavy atom. The number of aliphatic hydroxyl groups excluding tert-OH is 1. The summed E-state index contributed by atoms with van der Waals surface area (Å²) in [4.78, 5) is 4.65. The fraction of sp³-hybridized carbons (Fsp3) is 0.278. The fourth-order valence-electron chi connectivity index (χ4n) is 7.47. The number of H-pyrrole nitrogens is 2. The highest BCUT2D eigenvalue weighted by molar-refractivity contribution is 5.88. The number of anilines is 2. The third kappa shape index (κ3) is 4.93. The summed E-state index contributed by atoms with van der Waals surface area (Å²) < 4.78 is 12.5. The number of aromatic amines is 2. The third-order valence-electron chi connectivity index (χ3n) is 9.54. The number of hydrogen-bond acceptors (Lipinski definition) is 7. The van der Waals surface area contributed by atoms with Crippen LogP contribution in [-0.4, -0.2) is 75.9 Å². The minimum atomic E-state index is -0.533. The molecule has 0 radical (unpaired) electrons. The van der Waals surface area contributed by atoms with E-state index >= 15 is 0 Å². The molecule has 6 aromatic rings. The number of benzene rings is 4. The van der Waals surface area contributed by atoms with Gasteiger partial charge in [0.2, 0.25) is 0 Å². The topological polar surface area (TPSA) is 103 Å². The molecule has 0 spiro atoms. The van der Waals surface area contributed by atoms with Crippen molar-refractivity contribution in [2.45, 2.75) is 12.5 Å². The van der Waals surface area contributed by atoms with Crippen LogP contribution in [0, 0.1) is 11.8 Å². The standard InChI is InChI=1S/C36H34N6O3/c43-30(18-41-16-22-9-23(17-41)21-44-20-22)19-42-33-7-3-26(24-1-5-31-28(10-24)14-37-39-31)12-35(33)45-36-13-27(4-8-34(36)42)25-2-6-32-29(11-25)15-38-40-32/h1-8,10-15,22-23,30,43H,9,16-21H2,(H,37,39)(H,38,40). The summed E-state index contributed by atoms with van der Waals surface area (Å²) >= 11 is 0. The number of piperidine rings is 1. The van der Waals surface area contributed by atoms with Gasteiger partial charge in [0.25, 0.3) is 0 Å². The van der Waals surface area contributed by atoms with Gasteiger partial charge in [-0.2, -0.15) is 10.2 Å². The van der Waals surface area contributed by atoms with E-state index < -0.39 is 6.10 Å². The average Bonchev–Trinajstić information content (AvgIpc) is 3.73. The third-order valence-corrected chi connectivity index (χ3v) is 9.54. The first-order valence-corrected chi connectivity index (χ1v) is 15.7. The smallest absolute Gasteiger partial charge is 0.151 e. The molecule has 2 saturated heterocycles. The molecule has 45 heavy (non-hydrogen) atoms. The van der Waals surface area contributed by atoms with Crippen LogP contribution in [0.25, 0.3) is 44.1 Å². The van der Waals surface area contributed by atoms with Crippen LogP contribution in [0.3, 0.4) is 0 Å². The molecule has 0 saturated carbocycles. The number of β-amino-alcohol motifs (C(OH)–C–C–N with tert-alkyl or cyclic N) is 1. The van der Waals surface area contributed by atoms with Gasteiger partial charge < -0.3 is 19.5 Å². The first kappa shape index (κ1) is 26.7. The largest absolute Gasteiger partial charge is 0.453 e. The maximum atomic E-state index is 11.5. The Labute approximate surface area is 260 Å². The average molecular weight is 599 g/mol. The minimum absolute atomic E-state index is 0.465. The predicted molar refractivity (Wildman–Crippen MR) is 175 cm³/mol. The van der Waals surface area contributed by atoms with Gasteiger partial charge in [-0.25, -0.2) is 0 Å². The predicted octanol–water partition coefficient (Wildman–Crippen LogP) is 6.35. The number of aromatic nitrogens is 4. The number of nitrogens with one attached hydrogen (secondary N) is 2. The summed E-state index contributed by atoms with van der Waals surface area (Å²) in [5, 5.41) is 28.1. The lowest BCUT2D eigenvalue weighted by Crippen LogP contribution is -2.50. The molecule has 5 heterocycles. The number of nitrogens with zero attached hydrogens (tertiary/aromatic N) is 4. The Kier molecular flexibility index (Phi) is 6.36. The summed E-state index contributed by atoms with van der Waals surface area (Å²) in [6, 6.07) is 25.3. The molecule has 2 aromatic heterocycles. The Morgan fingerprint density at radius 3 is 1.82 bits per heavy atom. The Balaban J connectivity index is 1.06. The lowest BCUT2D eigenvalue weighted by molar-refractivity contribution is -0.0484. The molecule has 3 aliphatic heterocycles. The molecular weight excluding hydrogens is 564 g/mol. The van der Waals surface area contributed by atoms with E-state index in [1.165, 1.54) is 6.42 Å². The second kappa shape index (κ2) is 10.7. The van der Waals surface area contributed by atoms with Crippen molar-refractivity contribution in [2.75, 3.05) is 44.3 Å². The van der Waals surface area contributed by atoms with Gasteiger partial charge in [0.1, 0.15) is 0 Å². The zero-order chi connectivity index (χ0) is 29.9. The van der Waals surface area contributed by atoms with Crippen LogP contribution in [0.15, 0.2) is 85.2 Å². The summed E-state index contributed by atoms with van der Waals surface area (Å²) in [6.07, 6.45) is 4.40. The molecule has 4 aromatic carbocycles. The molecule has 9 heteroatoms. The second-order valence-electron chi connectivity index (χ2n) is 12.8. The molecule has 2 fully saturated rings. The van der Waals surface area contributed by atoms with E-state index in [1.807, 2.05) is 12.4 Å². The molecule has 0 aliphatic carbocycles. The summed E-state index contributed by atoms with van der Waals surface area (Å²) in [6.45, 7) is 4.74. The second-order valence-corrected chi connectivity index (χ2v) is 12.8. The van der Waals surface area contributed by atoms with E-state index in [4.69, 9.17) is 9.47 Å². The van der Waals surface area contributed by atoms with Crippen molar-refractivity contribution in [2.24, 2.45) is 11.8 Å². The van der Waals surface area contributed by atoms with Crippen LogP contribution in [0.1, 0.15) is 6.42 Å². The number of ether oxygens (including phenoxy) is 2. The van der Waals surface area contributed by atoms with Crippen molar-refractivity contribution in [1.82, 2.24) is 25.3 Å². The van der Waals surface area contributed by atoms with E-state index in [1.54, 1.807) is 0 Å². The monoisotopic (exact) mass is 598 g/mol. The first-order chi connectivity index (χ1) is 22.1. The quantitative estimate of drug-likeness (QED) is 0.205. The lowest BCUT2D eigenvalue weighted by Gasteiger charge is -2.42. The van der Waals surface area contributed by atoms with Gasteiger partial charge in [0, 0.05) is 30.4 Å². The highest BCUT2D eigenvalue weighted by Gasteiger charge is 2.33. The van der Waals surface area contributed by atoms with Crippen molar-refractivity contribution in [3.63, 3.8) is 0 Å². The van der Waals surface area contributed by atoms with E-state index in [2.05, 4.69) is 103 Å². The summed E-state index contributed by atoms with van der Waals surface area (Å²) in [5.41, 5.74) is 8.22. The van der Waals surface area contributed by atoms with Gasteiger partial charge >= 0.3 is 0 Å². The van der Waals surface area contributed by atoms with Crippen molar-refractivity contribution in [3.8, 4) is 33.8 Å². The molecule has 226 valence electrons. The Morgan fingerprint density at radius 1 is 0.711 bits per heavy atom. The molecule has 3 N–H and O–H groups in total. The van der Waals surface area contributed by atoms with Crippen molar-refractivity contribution < 1.29 is 14.6 Å². The molecule has 3 atom stereocenters. The van der Waals surface area contributed by atoms with E-state index in [-0.39, 0.29) is 0 Å². The van der Waals surface area contributed by atoms with Crippen molar-refractivity contribution in [1.29, 1.82) is 0 Å². The molecular formula is C36H34N6O3. The highest BCUT2D eigenvalue weighted by atomic mass is 16.5. The maximum absolute atomic E-state index is 11.5. The molecule has 3 unspecified atom stereocenters. The summed E-state index contributed by atoms with van der Waals surface area (Å²) in [7, 11) is 0. The number of aliphatic hydroxyl groups is 1. The Hall–Kier alpha value is -4.70. The Bertz CT molecular complexity index is 1900. The normalized spacial score (nSPS) is 20.2. The van der Waals surface area contributed by atoms with E-state index in [9.17, 15) is 5.11 Å².